The summed E-state index contributed by atoms with van der Waals surface area (Å²) >= 11 is 0. The van der Waals surface area contributed by atoms with Crippen molar-refractivity contribution in [3.8, 4) is 0 Å². The van der Waals surface area contributed by atoms with Gasteiger partial charge < -0.3 is 15.2 Å². The van der Waals surface area contributed by atoms with Gasteiger partial charge in [-0.3, -0.25) is 0 Å². The van der Waals surface area contributed by atoms with E-state index in [0.29, 0.717) is 19.0 Å². The Morgan fingerprint density at radius 3 is 3.11 bits per heavy atom. The van der Waals surface area contributed by atoms with Crippen molar-refractivity contribution in [1.82, 2.24) is 9.97 Å². The number of esters is 1. The van der Waals surface area contributed by atoms with Crippen molar-refractivity contribution in [1.29, 1.82) is 0 Å². The van der Waals surface area contributed by atoms with Crippen molar-refractivity contribution < 1.29 is 14.3 Å². The van der Waals surface area contributed by atoms with Gasteiger partial charge >= 0.3 is 5.97 Å². The Labute approximate surface area is 106 Å². The first-order valence-corrected chi connectivity index (χ1v) is 6.09. The molecule has 1 aliphatic heterocycles. The van der Waals surface area contributed by atoms with Crippen LogP contribution in [-0.4, -0.2) is 35.8 Å². The molecule has 0 radical (unpaired) electrons. The van der Waals surface area contributed by atoms with E-state index in [4.69, 9.17) is 15.2 Å². The number of nitrogens with zero attached hydrogens (tertiary/aromatic N) is 2. The van der Waals surface area contributed by atoms with Crippen LogP contribution in [0.5, 0.6) is 0 Å². The van der Waals surface area contributed by atoms with Crippen LogP contribution < -0.4 is 5.73 Å². The van der Waals surface area contributed by atoms with Crippen LogP contribution in [0, 0.1) is 0 Å². The van der Waals surface area contributed by atoms with E-state index in [-0.39, 0.29) is 17.3 Å². The Morgan fingerprint density at radius 1 is 1.67 bits per heavy atom. The fraction of sp³-hybridized carbons (Fsp3) is 0.583. The van der Waals surface area contributed by atoms with Gasteiger partial charge in [-0.05, 0) is 19.8 Å². The van der Waals surface area contributed by atoms with Crippen LogP contribution in [0.25, 0.3) is 0 Å². The van der Waals surface area contributed by atoms with Crippen molar-refractivity contribution in [2.24, 2.45) is 0 Å². The molecule has 18 heavy (non-hydrogen) atoms. The molecule has 0 aliphatic carbocycles. The SMILES string of the molecule is CCOC(=O)c1cnc(C2CCCOC2)nc1N. The van der Waals surface area contributed by atoms with E-state index in [1.165, 1.54) is 6.20 Å². The van der Waals surface area contributed by atoms with Crippen molar-refractivity contribution in [2.45, 2.75) is 25.7 Å². The largest absolute Gasteiger partial charge is 0.462 e. The van der Waals surface area contributed by atoms with Crippen LogP contribution in [0.4, 0.5) is 5.82 Å². The summed E-state index contributed by atoms with van der Waals surface area (Å²) in [6.07, 6.45) is 3.41. The van der Waals surface area contributed by atoms with Crippen molar-refractivity contribution in [3.63, 3.8) is 0 Å². The Morgan fingerprint density at radius 2 is 2.50 bits per heavy atom. The minimum absolute atomic E-state index is 0.164. The molecule has 2 heterocycles. The van der Waals surface area contributed by atoms with E-state index < -0.39 is 5.97 Å². The normalized spacial score (nSPS) is 19.5. The van der Waals surface area contributed by atoms with E-state index in [0.717, 1.165) is 19.4 Å². The number of anilines is 1. The van der Waals surface area contributed by atoms with E-state index in [9.17, 15) is 4.79 Å². The average molecular weight is 251 g/mol. The minimum atomic E-state index is -0.485. The molecular formula is C12H17N3O3. The molecule has 1 atom stereocenters. The Bertz CT molecular complexity index is 431. The van der Waals surface area contributed by atoms with Gasteiger partial charge in [0.2, 0.25) is 0 Å². The number of nitrogens with two attached hydrogens (primary N) is 1. The lowest BCUT2D eigenvalue weighted by Crippen LogP contribution is -2.19. The standard InChI is InChI=1S/C12H17N3O3/c1-2-18-12(16)9-6-14-11(15-10(9)13)8-4-3-5-17-7-8/h6,8H,2-5,7H2,1H3,(H2,13,14,15). The quantitative estimate of drug-likeness (QED) is 0.810. The third-order valence-electron chi connectivity index (χ3n) is 2.86. The second-order valence-electron chi connectivity index (χ2n) is 4.16. The summed E-state index contributed by atoms with van der Waals surface area (Å²) in [5, 5.41) is 0. The lowest BCUT2D eigenvalue weighted by molar-refractivity contribution is 0.0526. The van der Waals surface area contributed by atoms with E-state index in [2.05, 4.69) is 9.97 Å². The lowest BCUT2D eigenvalue weighted by atomic mass is 10.0. The van der Waals surface area contributed by atoms with Gasteiger partial charge in [-0.25, -0.2) is 14.8 Å². The summed E-state index contributed by atoms with van der Waals surface area (Å²) < 4.78 is 10.3. The second-order valence-corrected chi connectivity index (χ2v) is 4.16. The highest BCUT2D eigenvalue weighted by molar-refractivity contribution is 5.93. The molecule has 6 heteroatoms. The first kappa shape index (κ1) is 12.8. The molecule has 1 unspecified atom stereocenters. The number of aromatic nitrogens is 2. The number of rotatable bonds is 3. The summed E-state index contributed by atoms with van der Waals surface area (Å²) in [6, 6.07) is 0. The van der Waals surface area contributed by atoms with E-state index >= 15 is 0 Å². The second kappa shape index (κ2) is 5.77. The maximum absolute atomic E-state index is 11.5. The van der Waals surface area contributed by atoms with E-state index in [1.807, 2.05) is 0 Å². The van der Waals surface area contributed by atoms with Gasteiger partial charge in [-0.2, -0.15) is 0 Å². The van der Waals surface area contributed by atoms with Gasteiger partial charge in [0, 0.05) is 18.7 Å². The predicted octanol–water partition coefficient (Wildman–Crippen LogP) is 1.13. The van der Waals surface area contributed by atoms with Crippen molar-refractivity contribution in [2.75, 3.05) is 25.6 Å². The third-order valence-corrected chi connectivity index (χ3v) is 2.86. The van der Waals surface area contributed by atoms with Gasteiger partial charge in [0.1, 0.15) is 17.2 Å². The molecule has 0 aromatic carbocycles. The zero-order valence-electron chi connectivity index (χ0n) is 10.4. The number of ether oxygens (including phenoxy) is 2. The highest BCUT2D eigenvalue weighted by Crippen LogP contribution is 2.23. The molecular weight excluding hydrogens is 234 g/mol. The molecule has 2 N–H and O–H groups in total. The molecule has 0 spiro atoms. The molecule has 1 saturated heterocycles. The molecule has 1 aromatic rings. The summed E-state index contributed by atoms with van der Waals surface area (Å²) in [6.45, 7) is 3.43. The molecule has 1 aromatic heterocycles. The molecule has 98 valence electrons. The van der Waals surface area contributed by atoms with E-state index in [1.54, 1.807) is 6.92 Å². The molecule has 0 saturated carbocycles. The Hall–Kier alpha value is -1.69. The number of hydrogen-bond acceptors (Lipinski definition) is 6. The summed E-state index contributed by atoms with van der Waals surface area (Å²) in [5.41, 5.74) is 5.99. The summed E-state index contributed by atoms with van der Waals surface area (Å²) in [7, 11) is 0. The number of hydrogen-bond donors (Lipinski definition) is 1. The lowest BCUT2D eigenvalue weighted by Gasteiger charge is -2.20. The zero-order chi connectivity index (χ0) is 13.0. The van der Waals surface area contributed by atoms with Crippen LogP contribution in [-0.2, 0) is 9.47 Å². The predicted molar refractivity (Wildman–Crippen MR) is 65.2 cm³/mol. The third kappa shape index (κ3) is 2.76. The van der Waals surface area contributed by atoms with Gasteiger partial charge in [-0.1, -0.05) is 0 Å². The van der Waals surface area contributed by atoms with Crippen LogP contribution in [0.3, 0.4) is 0 Å². The highest BCUT2D eigenvalue weighted by Gasteiger charge is 2.21. The average Bonchev–Trinajstić information content (AvgIpc) is 2.40. The Balaban J connectivity index is 2.16. The van der Waals surface area contributed by atoms with Crippen molar-refractivity contribution in [3.05, 3.63) is 17.6 Å². The fourth-order valence-corrected chi connectivity index (χ4v) is 1.92. The molecule has 1 fully saturated rings. The van der Waals surface area contributed by atoms with Crippen LogP contribution in [0.15, 0.2) is 6.20 Å². The molecule has 2 rings (SSSR count). The first-order valence-electron chi connectivity index (χ1n) is 6.09. The van der Waals surface area contributed by atoms with Crippen LogP contribution in [0.2, 0.25) is 0 Å². The molecule has 1 aliphatic rings. The minimum Gasteiger partial charge on any atom is -0.462 e. The number of nitrogen functional groups attached to an aromatic ring is 1. The Kier molecular flexibility index (Phi) is 4.09. The maximum atomic E-state index is 11.5. The first-order chi connectivity index (χ1) is 8.72. The smallest absolute Gasteiger partial charge is 0.343 e. The molecule has 0 amide bonds. The van der Waals surface area contributed by atoms with Gasteiger partial charge in [0.05, 0.1) is 13.2 Å². The summed E-state index contributed by atoms with van der Waals surface area (Å²) in [5.74, 6) is 0.489. The van der Waals surface area contributed by atoms with Gasteiger partial charge in [0.15, 0.2) is 0 Å². The number of carbonyl (C=O) groups excluding carboxylic acids is 1. The zero-order valence-corrected chi connectivity index (χ0v) is 10.4. The molecule has 6 nitrogen and oxygen atoms in total. The maximum Gasteiger partial charge on any atom is 0.343 e. The molecule has 0 bridgehead atoms. The van der Waals surface area contributed by atoms with Crippen LogP contribution >= 0.6 is 0 Å². The van der Waals surface area contributed by atoms with Crippen molar-refractivity contribution >= 4 is 11.8 Å². The monoisotopic (exact) mass is 251 g/mol. The highest BCUT2D eigenvalue weighted by atomic mass is 16.5. The fourth-order valence-electron chi connectivity index (χ4n) is 1.92. The van der Waals surface area contributed by atoms with Crippen LogP contribution in [0.1, 0.15) is 41.9 Å². The van der Waals surface area contributed by atoms with Gasteiger partial charge in [0.25, 0.3) is 0 Å². The van der Waals surface area contributed by atoms with Gasteiger partial charge in [-0.15, -0.1) is 0 Å². The number of carbonyl (C=O) groups is 1. The topological polar surface area (TPSA) is 87.3 Å². The summed E-state index contributed by atoms with van der Waals surface area (Å²) in [4.78, 5) is 19.9.